The number of hydrogen-bond donors (Lipinski definition) is 2. The van der Waals surface area contributed by atoms with Crippen molar-refractivity contribution >= 4 is 80.9 Å². The van der Waals surface area contributed by atoms with Crippen molar-refractivity contribution in [3.8, 4) is 0 Å². The molecular formula is C17H13Cl2IN4O2S. The number of benzene rings is 1. The van der Waals surface area contributed by atoms with E-state index in [9.17, 15) is 9.59 Å². The minimum absolute atomic E-state index is 0. The van der Waals surface area contributed by atoms with Gasteiger partial charge in [0.25, 0.3) is 11.5 Å². The second-order valence-corrected chi connectivity index (χ2v) is 8.03. The summed E-state index contributed by atoms with van der Waals surface area (Å²) in [5.41, 5.74) is 4.77. The Morgan fingerprint density at radius 2 is 1.93 bits per heavy atom. The van der Waals surface area contributed by atoms with E-state index in [2.05, 4.69) is 20.7 Å². The first-order valence-electron chi connectivity index (χ1n) is 7.87. The number of H-pyrrole nitrogens is 1. The van der Waals surface area contributed by atoms with Gasteiger partial charge in [0.15, 0.2) is 5.69 Å². The molecule has 0 saturated carbocycles. The number of fused-ring (bicyclic) bond motifs is 2. The number of aromatic nitrogens is 2. The van der Waals surface area contributed by atoms with E-state index in [4.69, 9.17) is 23.2 Å². The third kappa shape index (κ3) is 3.75. The van der Waals surface area contributed by atoms with Crippen molar-refractivity contribution in [3.05, 3.63) is 60.1 Å². The van der Waals surface area contributed by atoms with Gasteiger partial charge in [-0.1, -0.05) is 41.4 Å². The first-order chi connectivity index (χ1) is 12.6. The second-order valence-electron chi connectivity index (χ2n) is 5.80. The Bertz CT molecular complexity index is 1130. The van der Waals surface area contributed by atoms with Gasteiger partial charge in [0.05, 0.1) is 15.4 Å². The van der Waals surface area contributed by atoms with Crippen molar-refractivity contribution in [2.24, 2.45) is 5.10 Å². The summed E-state index contributed by atoms with van der Waals surface area (Å²) in [7, 11) is 0. The van der Waals surface area contributed by atoms with Gasteiger partial charge >= 0.3 is 0 Å². The van der Waals surface area contributed by atoms with Crippen molar-refractivity contribution in [1.82, 2.24) is 15.6 Å². The number of thiophene rings is 1. The molecule has 2 heterocycles. The highest BCUT2D eigenvalue weighted by Gasteiger charge is 2.24. The summed E-state index contributed by atoms with van der Waals surface area (Å²) in [6.45, 7) is 0. The van der Waals surface area contributed by atoms with Gasteiger partial charge in [-0.05, 0) is 30.9 Å². The molecule has 0 bridgehead atoms. The van der Waals surface area contributed by atoms with Crippen LogP contribution in [0.4, 0.5) is 0 Å². The average Bonchev–Trinajstić information content (AvgIpc) is 2.95. The summed E-state index contributed by atoms with van der Waals surface area (Å²) in [4.78, 5) is 24.4. The summed E-state index contributed by atoms with van der Waals surface area (Å²) >= 11 is 13.8. The van der Waals surface area contributed by atoms with Gasteiger partial charge in [-0.15, -0.1) is 35.3 Å². The fourth-order valence-corrected chi connectivity index (χ4v) is 4.87. The normalized spacial score (nSPS) is 14.7. The van der Waals surface area contributed by atoms with Crippen LogP contribution in [0.5, 0.6) is 0 Å². The zero-order valence-corrected chi connectivity index (χ0v) is 18.4. The zero-order valence-electron chi connectivity index (χ0n) is 13.7. The fourth-order valence-electron chi connectivity index (χ4n) is 3.05. The lowest BCUT2D eigenvalue weighted by atomic mass is 9.94. The molecule has 0 radical (unpaired) electrons. The smallest absolute Gasteiger partial charge is 0.267 e. The van der Waals surface area contributed by atoms with Crippen molar-refractivity contribution in [3.63, 3.8) is 0 Å². The molecule has 2 aromatic heterocycles. The van der Waals surface area contributed by atoms with Gasteiger partial charge in [-0.25, -0.2) is 10.5 Å². The van der Waals surface area contributed by atoms with Crippen LogP contribution >= 0.6 is 58.5 Å². The molecule has 2 N–H and O–H groups in total. The molecule has 3 aromatic rings. The summed E-state index contributed by atoms with van der Waals surface area (Å²) in [6.07, 6.45) is 2.42. The van der Waals surface area contributed by atoms with Crippen LogP contribution in [0.3, 0.4) is 0 Å². The summed E-state index contributed by atoms with van der Waals surface area (Å²) in [5, 5.41) is 11.3. The Morgan fingerprint density at radius 3 is 2.70 bits per heavy atom. The van der Waals surface area contributed by atoms with Crippen LogP contribution in [-0.4, -0.2) is 21.8 Å². The Kier molecular flexibility index (Phi) is 6.19. The lowest BCUT2D eigenvalue weighted by Crippen LogP contribution is -2.25. The minimum atomic E-state index is -0.505. The molecule has 0 spiro atoms. The van der Waals surface area contributed by atoms with Gasteiger partial charge in [0, 0.05) is 10.9 Å². The Hall–Kier alpha value is -1.49. The molecule has 10 heteroatoms. The summed E-state index contributed by atoms with van der Waals surface area (Å²) < 4.78 is 1.24. The maximum atomic E-state index is 12.6. The van der Waals surface area contributed by atoms with Gasteiger partial charge in [0.2, 0.25) is 0 Å². The molecule has 0 atom stereocenters. The molecule has 1 aromatic carbocycles. The van der Waals surface area contributed by atoms with E-state index in [-0.39, 0.29) is 35.2 Å². The molecule has 1 aliphatic rings. The predicted octanol–water partition coefficient (Wildman–Crippen LogP) is 4.38. The molecule has 6 nitrogen and oxygen atoms in total. The average molecular weight is 535 g/mol. The standard InChI is InChI=1S/C17H12Cl2N4O2S.HI/c18-14-10-6-3-7-11(12(10)15(19)26-14)20-23-17(25)13-8-4-1-2-5-9(8)16(24)22-21-13;/h1-2,4-5H,3,6-7H2,(H,22,24)(H,23,25);1H/b20-11+;. The maximum Gasteiger partial charge on any atom is 0.292 e. The van der Waals surface area contributed by atoms with Crippen LogP contribution in [0.1, 0.15) is 34.5 Å². The number of amides is 1. The van der Waals surface area contributed by atoms with Crippen molar-refractivity contribution in [2.45, 2.75) is 19.3 Å². The maximum absolute atomic E-state index is 12.6. The number of carbonyl (C=O) groups is 1. The van der Waals surface area contributed by atoms with Gasteiger partial charge < -0.3 is 0 Å². The van der Waals surface area contributed by atoms with Crippen LogP contribution in [-0.2, 0) is 6.42 Å². The molecule has 0 saturated heterocycles. The molecule has 0 aliphatic heterocycles. The van der Waals surface area contributed by atoms with Crippen LogP contribution in [0, 0.1) is 0 Å². The number of carbonyl (C=O) groups excluding carboxylic acids is 1. The first-order valence-corrected chi connectivity index (χ1v) is 9.45. The number of aromatic amines is 1. The molecular weight excluding hydrogens is 522 g/mol. The lowest BCUT2D eigenvalue weighted by Gasteiger charge is -2.15. The number of hydrazone groups is 1. The van der Waals surface area contributed by atoms with Crippen LogP contribution in [0.25, 0.3) is 10.8 Å². The molecule has 0 unspecified atom stereocenters. The number of rotatable bonds is 2. The number of nitrogens with zero attached hydrogens (tertiary/aromatic N) is 2. The highest BCUT2D eigenvalue weighted by atomic mass is 127. The third-order valence-corrected chi connectivity index (χ3v) is 5.94. The SMILES string of the molecule is I.O=C(N/N=C1\CCCc2c(Cl)sc(Cl)c21)c1n[nH]c(=O)c2ccccc12. The van der Waals surface area contributed by atoms with E-state index >= 15 is 0 Å². The predicted molar refractivity (Wildman–Crippen MR) is 119 cm³/mol. The minimum Gasteiger partial charge on any atom is -0.267 e. The van der Waals surface area contributed by atoms with E-state index in [1.54, 1.807) is 24.3 Å². The summed E-state index contributed by atoms with van der Waals surface area (Å²) in [6, 6.07) is 6.78. The molecule has 0 fully saturated rings. The summed E-state index contributed by atoms with van der Waals surface area (Å²) in [5.74, 6) is -0.505. The van der Waals surface area contributed by atoms with Gasteiger partial charge in [-0.2, -0.15) is 10.2 Å². The van der Waals surface area contributed by atoms with Crippen LogP contribution in [0.15, 0.2) is 34.2 Å². The van der Waals surface area contributed by atoms with E-state index in [1.165, 1.54) is 11.3 Å². The molecule has 140 valence electrons. The topological polar surface area (TPSA) is 87.2 Å². The highest BCUT2D eigenvalue weighted by Crippen LogP contribution is 2.40. The number of halogens is 3. The third-order valence-electron chi connectivity index (χ3n) is 4.25. The van der Waals surface area contributed by atoms with Gasteiger partial charge in [-0.3, -0.25) is 9.59 Å². The van der Waals surface area contributed by atoms with Crippen molar-refractivity contribution < 1.29 is 4.79 Å². The number of nitrogens with one attached hydrogen (secondary N) is 2. The fraction of sp³-hybridized carbons (Fsp3) is 0.176. The van der Waals surface area contributed by atoms with Crippen molar-refractivity contribution in [1.29, 1.82) is 0 Å². The van der Waals surface area contributed by atoms with Crippen LogP contribution in [0.2, 0.25) is 8.67 Å². The Labute approximate surface area is 185 Å². The molecule has 1 aliphatic carbocycles. The number of hydrogen-bond acceptors (Lipinski definition) is 5. The lowest BCUT2D eigenvalue weighted by molar-refractivity contribution is 0.0950. The molecule has 4 rings (SSSR count). The van der Waals surface area contributed by atoms with E-state index < -0.39 is 5.91 Å². The van der Waals surface area contributed by atoms with Crippen LogP contribution < -0.4 is 11.0 Å². The Balaban J connectivity index is 0.00000210. The first kappa shape index (κ1) is 20.2. The monoisotopic (exact) mass is 534 g/mol. The van der Waals surface area contributed by atoms with Crippen molar-refractivity contribution in [2.75, 3.05) is 0 Å². The van der Waals surface area contributed by atoms with E-state index in [0.717, 1.165) is 24.0 Å². The van der Waals surface area contributed by atoms with E-state index in [0.29, 0.717) is 31.6 Å². The molecule has 27 heavy (non-hydrogen) atoms. The van der Waals surface area contributed by atoms with Gasteiger partial charge in [0.1, 0.15) is 4.34 Å². The quantitative estimate of drug-likeness (QED) is 0.378. The largest absolute Gasteiger partial charge is 0.292 e. The Morgan fingerprint density at radius 1 is 1.19 bits per heavy atom. The van der Waals surface area contributed by atoms with E-state index in [1.807, 2.05) is 0 Å². The highest BCUT2D eigenvalue weighted by molar-refractivity contribution is 14.0. The molecule has 1 amide bonds. The zero-order chi connectivity index (χ0) is 18.3. The second kappa shape index (κ2) is 8.26.